The number of Topliss-reactive ketones (excluding diaryl/α,β-unsaturated/α-hetero) is 1. The summed E-state index contributed by atoms with van der Waals surface area (Å²) >= 11 is 0. The standard InChI is InChI=1S/C11H18O3/c1-7(2)10(13-5)9(12)11(14-6)8(3)4/h10-11H,1,3H2,2,4-6H3. The molecule has 3 nitrogen and oxygen atoms in total. The minimum Gasteiger partial charge on any atom is -0.369 e. The van der Waals surface area contributed by atoms with E-state index in [2.05, 4.69) is 13.2 Å². The van der Waals surface area contributed by atoms with Crippen LogP contribution in [0.2, 0.25) is 0 Å². The van der Waals surface area contributed by atoms with Crippen LogP contribution in [-0.2, 0) is 14.3 Å². The average Bonchev–Trinajstić information content (AvgIpc) is 2.04. The summed E-state index contributed by atoms with van der Waals surface area (Å²) in [6.45, 7) is 10.9. The average molecular weight is 198 g/mol. The fourth-order valence-electron chi connectivity index (χ4n) is 1.26. The minimum absolute atomic E-state index is 0.157. The molecule has 0 aromatic rings. The molecule has 0 saturated carbocycles. The number of ether oxygens (including phenoxy) is 2. The summed E-state index contributed by atoms with van der Waals surface area (Å²) in [6, 6.07) is 0. The van der Waals surface area contributed by atoms with E-state index in [9.17, 15) is 4.79 Å². The maximum atomic E-state index is 11.8. The first-order valence-electron chi connectivity index (χ1n) is 4.35. The lowest BCUT2D eigenvalue weighted by Crippen LogP contribution is -2.36. The lowest BCUT2D eigenvalue weighted by atomic mass is 10.0. The molecule has 0 aromatic heterocycles. The Morgan fingerprint density at radius 1 is 1.00 bits per heavy atom. The largest absolute Gasteiger partial charge is 0.369 e. The zero-order valence-electron chi connectivity index (χ0n) is 9.29. The first-order valence-corrected chi connectivity index (χ1v) is 4.35. The van der Waals surface area contributed by atoms with Crippen molar-refractivity contribution in [1.82, 2.24) is 0 Å². The van der Waals surface area contributed by atoms with Crippen molar-refractivity contribution in [2.24, 2.45) is 0 Å². The lowest BCUT2D eigenvalue weighted by Gasteiger charge is -2.20. The number of ketones is 1. The predicted octanol–water partition coefficient (Wildman–Crippen LogP) is 1.74. The number of carbonyl (C=O) groups excluding carboxylic acids is 1. The van der Waals surface area contributed by atoms with Gasteiger partial charge in [-0.25, -0.2) is 0 Å². The highest BCUT2D eigenvalue weighted by Gasteiger charge is 2.27. The summed E-state index contributed by atoms with van der Waals surface area (Å²) < 4.78 is 10.1. The molecule has 80 valence electrons. The van der Waals surface area contributed by atoms with Crippen molar-refractivity contribution in [3.63, 3.8) is 0 Å². The van der Waals surface area contributed by atoms with Crippen LogP contribution in [0.3, 0.4) is 0 Å². The van der Waals surface area contributed by atoms with E-state index in [4.69, 9.17) is 9.47 Å². The molecular formula is C11H18O3. The molecule has 0 aliphatic carbocycles. The maximum absolute atomic E-state index is 11.8. The van der Waals surface area contributed by atoms with Crippen molar-refractivity contribution >= 4 is 5.78 Å². The molecule has 0 spiro atoms. The number of carbonyl (C=O) groups is 1. The van der Waals surface area contributed by atoms with Gasteiger partial charge in [-0.3, -0.25) is 4.79 Å². The summed E-state index contributed by atoms with van der Waals surface area (Å²) in [6.07, 6.45) is -1.23. The zero-order chi connectivity index (χ0) is 11.3. The Morgan fingerprint density at radius 3 is 1.43 bits per heavy atom. The van der Waals surface area contributed by atoms with Crippen LogP contribution in [0.15, 0.2) is 24.3 Å². The molecule has 0 saturated heterocycles. The Balaban J connectivity index is 4.71. The number of methoxy groups -OCH3 is 2. The van der Waals surface area contributed by atoms with Crippen molar-refractivity contribution in [3.8, 4) is 0 Å². The van der Waals surface area contributed by atoms with Gasteiger partial charge in [0.15, 0.2) is 5.78 Å². The van der Waals surface area contributed by atoms with Crippen molar-refractivity contribution < 1.29 is 14.3 Å². The van der Waals surface area contributed by atoms with Crippen LogP contribution in [0, 0.1) is 0 Å². The van der Waals surface area contributed by atoms with Crippen LogP contribution in [0.4, 0.5) is 0 Å². The molecule has 0 rings (SSSR count). The highest BCUT2D eigenvalue weighted by atomic mass is 16.5. The number of hydrogen-bond donors (Lipinski definition) is 0. The Morgan fingerprint density at radius 2 is 1.29 bits per heavy atom. The number of hydrogen-bond acceptors (Lipinski definition) is 3. The molecule has 0 N–H and O–H groups in total. The Labute approximate surface area is 85.4 Å². The van der Waals surface area contributed by atoms with Crippen molar-refractivity contribution in [3.05, 3.63) is 24.3 Å². The third-order valence-electron chi connectivity index (χ3n) is 1.88. The summed E-state index contributed by atoms with van der Waals surface area (Å²) in [5.41, 5.74) is 1.33. The first kappa shape index (κ1) is 13.1. The third-order valence-corrected chi connectivity index (χ3v) is 1.88. The van der Waals surface area contributed by atoms with E-state index in [1.165, 1.54) is 14.2 Å². The van der Waals surface area contributed by atoms with Gasteiger partial charge in [-0.15, -0.1) is 0 Å². The van der Waals surface area contributed by atoms with Crippen LogP contribution >= 0.6 is 0 Å². The van der Waals surface area contributed by atoms with Gasteiger partial charge in [-0.05, 0) is 25.0 Å². The molecule has 2 unspecified atom stereocenters. The predicted molar refractivity (Wildman–Crippen MR) is 56.2 cm³/mol. The SMILES string of the molecule is C=C(C)C(OC)C(=O)C(OC)C(=C)C. The third kappa shape index (κ3) is 3.09. The van der Waals surface area contributed by atoms with Crippen LogP contribution in [0.25, 0.3) is 0 Å². The summed E-state index contributed by atoms with van der Waals surface area (Å²) in [5.74, 6) is -0.157. The van der Waals surface area contributed by atoms with E-state index in [0.29, 0.717) is 11.1 Å². The second kappa shape index (κ2) is 5.73. The van der Waals surface area contributed by atoms with E-state index < -0.39 is 12.2 Å². The van der Waals surface area contributed by atoms with Gasteiger partial charge in [0.1, 0.15) is 12.2 Å². The van der Waals surface area contributed by atoms with E-state index in [1.54, 1.807) is 13.8 Å². The quantitative estimate of drug-likeness (QED) is 0.610. The number of rotatable bonds is 6. The van der Waals surface area contributed by atoms with Crippen molar-refractivity contribution in [1.29, 1.82) is 0 Å². The first-order chi connectivity index (χ1) is 6.45. The Bertz CT molecular complexity index is 219. The van der Waals surface area contributed by atoms with Gasteiger partial charge in [-0.2, -0.15) is 0 Å². The molecule has 0 aliphatic rings. The van der Waals surface area contributed by atoms with Gasteiger partial charge in [-0.1, -0.05) is 13.2 Å². The van der Waals surface area contributed by atoms with E-state index in [0.717, 1.165) is 0 Å². The second-order valence-corrected chi connectivity index (χ2v) is 3.33. The van der Waals surface area contributed by atoms with Gasteiger partial charge in [0.25, 0.3) is 0 Å². The normalized spacial score (nSPS) is 14.6. The second-order valence-electron chi connectivity index (χ2n) is 3.33. The van der Waals surface area contributed by atoms with Crippen molar-refractivity contribution in [2.45, 2.75) is 26.1 Å². The Hall–Kier alpha value is -0.930. The van der Waals surface area contributed by atoms with E-state index in [1.807, 2.05) is 0 Å². The molecule has 0 fully saturated rings. The van der Waals surface area contributed by atoms with Gasteiger partial charge in [0.05, 0.1) is 0 Å². The molecule has 0 heterocycles. The van der Waals surface area contributed by atoms with E-state index >= 15 is 0 Å². The monoisotopic (exact) mass is 198 g/mol. The molecule has 3 heteroatoms. The van der Waals surface area contributed by atoms with Gasteiger partial charge in [0.2, 0.25) is 0 Å². The molecule has 14 heavy (non-hydrogen) atoms. The highest BCUT2D eigenvalue weighted by molar-refractivity contribution is 5.92. The van der Waals surface area contributed by atoms with Crippen LogP contribution in [-0.4, -0.2) is 32.2 Å². The summed E-state index contributed by atoms with van der Waals surface area (Å²) in [4.78, 5) is 11.8. The summed E-state index contributed by atoms with van der Waals surface area (Å²) in [5, 5.41) is 0. The van der Waals surface area contributed by atoms with Gasteiger partial charge < -0.3 is 9.47 Å². The van der Waals surface area contributed by atoms with Crippen LogP contribution in [0.5, 0.6) is 0 Å². The lowest BCUT2D eigenvalue weighted by molar-refractivity contribution is -0.134. The fraction of sp³-hybridized carbons (Fsp3) is 0.545. The zero-order valence-corrected chi connectivity index (χ0v) is 9.29. The molecule has 0 aliphatic heterocycles. The minimum atomic E-state index is -0.614. The summed E-state index contributed by atoms with van der Waals surface area (Å²) in [7, 11) is 2.95. The molecule has 0 amide bonds. The van der Waals surface area contributed by atoms with Gasteiger partial charge >= 0.3 is 0 Å². The fourth-order valence-corrected chi connectivity index (χ4v) is 1.26. The van der Waals surface area contributed by atoms with Crippen LogP contribution < -0.4 is 0 Å². The molecule has 0 radical (unpaired) electrons. The molecule has 2 atom stereocenters. The van der Waals surface area contributed by atoms with Gasteiger partial charge in [0, 0.05) is 14.2 Å². The molecule has 0 aromatic carbocycles. The molecular weight excluding hydrogens is 180 g/mol. The molecule has 0 bridgehead atoms. The highest BCUT2D eigenvalue weighted by Crippen LogP contribution is 2.13. The van der Waals surface area contributed by atoms with E-state index in [-0.39, 0.29) is 5.78 Å². The smallest absolute Gasteiger partial charge is 0.198 e. The topological polar surface area (TPSA) is 35.5 Å². The maximum Gasteiger partial charge on any atom is 0.198 e. The Kier molecular flexibility index (Phi) is 5.35. The van der Waals surface area contributed by atoms with Crippen LogP contribution in [0.1, 0.15) is 13.8 Å². The van der Waals surface area contributed by atoms with Crippen molar-refractivity contribution in [2.75, 3.05) is 14.2 Å².